The molecule has 27 heavy (non-hydrogen) atoms. The maximum Gasteiger partial charge on any atom is 0.234 e. The van der Waals surface area contributed by atoms with Crippen LogP contribution in [0.2, 0.25) is 0 Å². The third-order valence-corrected chi connectivity index (χ3v) is 4.79. The van der Waals surface area contributed by atoms with Crippen LogP contribution in [-0.2, 0) is 11.3 Å². The Morgan fingerprint density at radius 1 is 1.15 bits per heavy atom. The fourth-order valence-corrected chi connectivity index (χ4v) is 3.30. The van der Waals surface area contributed by atoms with Crippen LogP contribution in [0.15, 0.2) is 53.9 Å². The van der Waals surface area contributed by atoms with Crippen LogP contribution in [0.1, 0.15) is 24.2 Å². The number of anilines is 1. The van der Waals surface area contributed by atoms with Crippen molar-refractivity contribution in [3.8, 4) is 11.4 Å². The highest BCUT2D eigenvalue weighted by molar-refractivity contribution is 7.99. The second-order valence-corrected chi connectivity index (χ2v) is 6.71. The molecular weight excluding hydrogens is 362 g/mol. The average Bonchev–Trinajstić information content (AvgIpc) is 3.10. The third-order valence-electron chi connectivity index (χ3n) is 3.83. The summed E-state index contributed by atoms with van der Waals surface area (Å²) in [5.74, 6) is 0.676. The Morgan fingerprint density at radius 2 is 1.93 bits per heavy atom. The van der Waals surface area contributed by atoms with Crippen molar-refractivity contribution in [1.82, 2.24) is 19.7 Å². The molecule has 1 N–H and O–H groups in total. The van der Waals surface area contributed by atoms with E-state index in [9.17, 15) is 9.59 Å². The number of Topliss-reactive ketones (excluding diaryl/α,β-unsaturated/α-hetero) is 1. The lowest BCUT2D eigenvalue weighted by Crippen LogP contribution is -2.14. The van der Waals surface area contributed by atoms with Crippen LogP contribution in [0.3, 0.4) is 0 Å². The molecule has 0 aliphatic rings. The summed E-state index contributed by atoms with van der Waals surface area (Å²) in [7, 11) is 0. The van der Waals surface area contributed by atoms with Crippen LogP contribution in [-0.4, -0.2) is 37.2 Å². The van der Waals surface area contributed by atoms with Crippen LogP contribution >= 0.6 is 11.8 Å². The fourth-order valence-electron chi connectivity index (χ4n) is 2.50. The average molecular weight is 381 g/mol. The molecule has 0 bridgehead atoms. The number of hydrogen-bond acceptors (Lipinski definition) is 6. The Labute approximate surface area is 161 Å². The summed E-state index contributed by atoms with van der Waals surface area (Å²) >= 11 is 1.31. The van der Waals surface area contributed by atoms with E-state index in [-0.39, 0.29) is 17.4 Å². The lowest BCUT2D eigenvalue weighted by molar-refractivity contribution is -0.113. The first-order valence-electron chi connectivity index (χ1n) is 8.45. The van der Waals surface area contributed by atoms with Crippen LogP contribution in [0, 0.1) is 0 Å². The molecule has 1 aromatic carbocycles. The molecule has 0 saturated heterocycles. The number of carbonyl (C=O) groups excluding carboxylic acids is 2. The monoisotopic (exact) mass is 381 g/mol. The van der Waals surface area contributed by atoms with Gasteiger partial charge in [0.1, 0.15) is 0 Å². The number of benzene rings is 1. The molecule has 1 amide bonds. The van der Waals surface area contributed by atoms with E-state index in [0.29, 0.717) is 23.1 Å². The highest BCUT2D eigenvalue weighted by Gasteiger charge is 2.16. The molecule has 0 unspecified atom stereocenters. The zero-order valence-electron chi connectivity index (χ0n) is 15.0. The lowest BCUT2D eigenvalue weighted by atomic mass is 10.1. The fraction of sp³-hybridized carbons (Fsp3) is 0.211. The van der Waals surface area contributed by atoms with Crippen molar-refractivity contribution in [2.24, 2.45) is 0 Å². The highest BCUT2D eigenvalue weighted by Crippen LogP contribution is 2.24. The molecule has 3 rings (SSSR count). The van der Waals surface area contributed by atoms with Crippen molar-refractivity contribution in [3.05, 3.63) is 54.4 Å². The molecule has 0 aliphatic carbocycles. The molecule has 0 radical (unpaired) electrons. The maximum absolute atomic E-state index is 12.1. The van der Waals surface area contributed by atoms with Crippen molar-refractivity contribution in [3.63, 3.8) is 0 Å². The molecule has 0 saturated carbocycles. The number of para-hydroxylation sites is 1. The van der Waals surface area contributed by atoms with Gasteiger partial charge in [0.2, 0.25) is 5.91 Å². The van der Waals surface area contributed by atoms with Crippen molar-refractivity contribution in [1.29, 1.82) is 0 Å². The standard InChI is InChI=1S/C19H19N5O2S/c1-3-24-18(15-9-14(13(2)25)10-20-11-15)22-23-19(24)27-12-17(26)21-16-7-5-4-6-8-16/h4-11H,3,12H2,1-2H3,(H,21,26). The van der Waals surface area contributed by atoms with E-state index in [0.717, 1.165) is 11.3 Å². The van der Waals surface area contributed by atoms with E-state index in [1.165, 1.54) is 24.9 Å². The molecule has 0 spiro atoms. The van der Waals surface area contributed by atoms with Gasteiger partial charge in [0, 0.05) is 35.8 Å². The predicted molar refractivity (Wildman–Crippen MR) is 105 cm³/mol. The highest BCUT2D eigenvalue weighted by atomic mass is 32.2. The minimum atomic E-state index is -0.112. The molecule has 0 aliphatic heterocycles. The third kappa shape index (κ3) is 4.59. The molecule has 0 fully saturated rings. The molecule has 7 nitrogen and oxygen atoms in total. The summed E-state index contributed by atoms with van der Waals surface area (Å²) in [6.07, 6.45) is 3.18. The number of pyridine rings is 1. The van der Waals surface area contributed by atoms with Crippen LogP contribution in [0.25, 0.3) is 11.4 Å². The Balaban J connectivity index is 1.73. The summed E-state index contributed by atoms with van der Waals surface area (Å²) in [4.78, 5) is 27.8. The van der Waals surface area contributed by atoms with Gasteiger partial charge in [-0.25, -0.2) is 0 Å². The Hall–Kier alpha value is -3.00. The number of nitrogens with zero attached hydrogens (tertiary/aromatic N) is 4. The van der Waals surface area contributed by atoms with Gasteiger partial charge in [-0.1, -0.05) is 30.0 Å². The molecule has 8 heteroatoms. The largest absolute Gasteiger partial charge is 0.325 e. The van der Waals surface area contributed by atoms with E-state index in [4.69, 9.17) is 0 Å². The minimum Gasteiger partial charge on any atom is -0.325 e. The van der Waals surface area contributed by atoms with E-state index < -0.39 is 0 Å². The van der Waals surface area contributed by atoms with Crippen molar-refractivity contribution in [2.45, 2.75) is 25.5 Å². The zero-order valence-corrected chi connectivity index (χ0v) is 15.9. The van der Waals surface area contributed by atoms with E-state index in [1.807, 2.05) is 41.8 Å². The molecule has 2 aromatic heterocycles. The van der Waals surface area contributed by atoms with E-state index >= 15 is 0 Å². The zero-order chi connectivity index (χ0) is 19.2. The second-order valence-electron chi connectivity index (χ2n) is 5.77. The summed E-state index contributed by atoms with van der Waals surface area (Å²) in [6, 6.07) is 11.1. The molecule has 3 aromatic rings. The normalized spacial score (nSPS) is 10.6. The van der Waals surface area contributed by atoms with Crippen LogP contribution in [0.4, 0.5) is 5.69 Å². The SMILES string of the molecule is CCn1c(SCC(=O)Nc2ccccc2)nnc1-c1cncc(C(C)=O)c1. The van der Waals surface area contributed by atoms with Gasteiger partial charge in [0.25, 0.3) is 0 Å². The Kier molecular flexibility index (Phi) is 5.97. The number of hydrogen-bond donors (Lipinski definition) is 1. The van der Waals surface area contributed by atoms with E-state index in [1.54, 1.807) is 12.3 Å². The van der Waals surface area contributed by atoms with Gasteiger partial charge in [0.15, 0.2) is 16.8 Å². The predicted octanol–water partition coefficient (Wildman–Crippen LogP) is 3.29. The summed E-state index contributed by atoms with van der Waals surface area (Å²) in [5.41, 5.74) is 2.00. The van der Waals surface area contributed by atoms with Crippen molar-refractivity contribution in [2.75, 3.05) is 11.1 Å². The molecule has 2 heterocycles. The first kappa shape index (κ1) is 18.8. The van der Waals surface area contributed by atoms with Crippen LogP contribution < -0.4 is 5.32 Å². The molecule has 138 valence electrons. The van der Waals surface area contributed by atoms with Gasteiger partial charge < -0.3 is 9.88 Å². The van der Waals surface area contributed by atoms with E-state index in [2.05, 4.69) is 20.5 Å². The van der Waals surface area contributed by atoms with Gasteiger partial charge in [-0.05, 0) is 32.0 Å². The smallest absolute Gasteiger partial charge is 0.234 e. The molecule has 0 atom stereocenters. The first-order valence-corrected chi connectivity index (χ1v) is 9.44. The van der Waals surface area contributed by atoms with Crippen molar-refractivity contribution >= 4 is 29.1 Å². The molecular formula is C19H19N5O2S. The lowest BCUT2D eigenvalue weighted by Gasteiger charge is -2.08. The number of rotatable bonds is 7. The Bertz CT molecular complexity index is 956. The van der Waals surface area contributed by atoms with Gasteiger partial charge in [0.05, 0.1) is 5.75 Å². The maximum atomic E-state index is 12.1. The summed E-state index contributed by atoms with van der Waals surface area (Å²) < 4.78 is 1.90. The second kappa shape index (κ2) is 8.59. The number of amides is 1. The number of nitrogens with one attached hydrogen (secondary N) is 1. The Morgan fingerprint density at radius 3 is 2.63 bits per heavy atom. The van der Waals surface area contributed by atoms with Crippen molar-refractivity contribution < 1.29 is 9.59 Å². The summed E-state index contributed by atoms with van der Waals surface area (Å²) in [5, 5.41) is 11.9. The van der Waals surface area contributed by atoms with Gasteiger partial charge in [-0.3, -0.25) is 14.6 Å². The topological polar surface area (TPSA) is 89.8 Å². The van der Waals surface area contributed by atoms with Crippen LogP contribution in [0.5, 0.6) is 0 Å². The van der Waals surface area contributed by atoms with Gasteiger partial charge in [-0.2, -0.15) is 0 Å². The quantitative estimate of drug-likeness (QED) is 0.499. The number of carbonyl (C=O) groups is 2. The first-order chi connectivity index (χ1) is 13.1. The van der Waals surface area contributed by atoms with Gasteiger partial charge in [-0.15, -0.1) is 10.2 Å². The minimum absolute atomic E-state index is 0.0564. The van der Waals surface area contributed by atoms with Gasteiger partial charge >= 0.3 is 0 Å². The number of thioether (sulfide) groups is 1. The summed E-state index contributed by atoms with van der Waals surface area (Å²) in [6.45, 7) is 4.11. The number of ketones is 1. The number of aromatic nitrogens is 4.